The van der Waals surface area contributed by atoms with E-state index in [0.29, 0.717) is 6.54 Å². The highest BCUT2D eigenvalue weighted by Gasteiger charge is 2.13. The van der Waals surface area contributed by atoms with E-state index < -0.39 is 0 Å². The second-order valence-corrected chi connectivity index (χ2v) is 5.44. The van der Waals surface area contributed by atoms with Crippen LogP contribution in [0.2, 0.25) is 0 Å². The van der Waals surface area contributed by atoms with Crippen molar-refractivity contribution in [2.75, 3.05) is 0 Å². The third kappa shape index (κ3) is 2.74. The van der Waals surface area contributed by atoms with Gasteiger partial charge in [-0.3, -0.25) is 0 Å². The van der Waals surface area contributed by atoms with Crippen LogP contribution in [-0.4, -0.2) is 10.2 Å². The maximum absolute atomic E-state index is 5.50. The predicted molar refractivity (Wildman–Crippen MR) is 74.1 cm³/mol. The van der Waals surface area contributed by atoms with Crippen molar-refractivity contribution in [3.05, 3.63) is 47.7 Å². The van der Waals surface area contributed by atoms with Crippen molar-refractivity contribution < 1.29 is 0 Å². The first-order valence-electron chi connectivity index (χ1n) is 6.14. The third-order valence-electron chi connectivity index (χ3n) is 2.98. The van der Waals surface area contributed by atoms with E-state index in [1.807, 2.05) is 12.1 Å². The fourth-order valence-corrected chi connectivity index (χ4v) is 1.76. The topological polar surface area (TPSA) is 51.8 Å². The van der Waals surface area contributed by atoms with Gasteiger partial charge in [-0.1, -0.05) is 45.0 Å². The molecule has 1 aromatic carbocycles. The Kier molecular flexibility index (Phi) is 3.43. The summed E-state index contributed by atoms with van der Waals surface area (Å²) in [5.41, 5.74) is 9.77. The minimum Gasteiger partial charge on any atom is -0.325 e. The molecular formula is C15H19N3. The van der Waals surface area contributed by atoms with Crippen molar-refractivity contribution in [1.82, 2.24) is 10.2 Å². The largest absolute Gasteiger partial charge is 0.325 e. The van der Waals surface area contributed by atoms with Gasteiger partial charge in [0.05, 0.1) is 11.4 Å². The maximum Gasteiger partial charge on any atom is 0.0929 e. The molecule has 3 heteroatoms. The molecule has 1 heterocycles. The van der Waals surface area contributed by atoms with Crippen molar-refractivity contribution in [3.63, 3.8) is 0 Å². The summed E-state index contributed by atoms with van der Waals surface area (Å²) in [7, 11) is 0. The zero-order valence-electron chi connectivity index (χ0n) is 11.1. The van der Waals surface area contributed by atoms with Crippen molar-refractivity contribution in [1.29, 1.82) is 0 Å². The Balaban J connectivity index is 2.28. The molecule has 0 saturated heterocycles. The lowest BCUT2D eigenvalue weighted by atomic mass is 9.86. The Hall–Kier alpha value is -1.74. The summed E-state index contributed by atoms with van der Waals surface area (Å²) >= 11 is 0. The zero-order chi connectivity index (χ0) is 13.2. The van der Waals surface area contributed by atoms with E-state index in [-0.39, 0.29) is 5.41 Å². The second kappa shape index (κ2) is 4.86. The van der Waals surface area contributed by atoms with Crippen LogP contribution in [-0.2, 0) is 12.0 Å². The molecule has 1 aromatic heterocycles. The lowest BCUT2D eigenvalue weighted by molar-refractivity contribution is 0.590. The lowest BCUT2D eigenvalue weighted by Gasteiger charge is -2.19. The van der Waals surface area contributed by atoms with Crippen molar-refractivity contribution in [2.45, 2.75) is 32.7 Å². The van der Waals surface area contributed by atoms with E-state index in [4.69, 9.17) is 5.73 Å². The van der Waals surface area contributed by atoms with Crippen LogP contribution < -0.4 is 5.73 Å². The SMILES string of the molecule is CC(C)(C)c1ccc(-c2ccc(CN)nn2)cc1. The van der Waals surface area contributed by atoms with Gasteiger partial charge in [0, 0.05) is 12.1 Å². The summed E-state index contributed by atoms with van der Waals surface area (Å²) in [4.78, 5) is 0. The lowest BCUT2D eigenvalue weighted by Crippen LogP contribution is -2.10. The number of nitrogens with two attached hydrogens (primary N) is 1. The summed E-state index contributed by atoms with van der Waals surface area (Å²) in [6, 6.07) is 12.3. The van der Waals surface area contributed by atoms with Crippen LogP contribution in [0.25, 0.3) is 11.3 Å². The van der Waals surface area contributed by atoms with Crippen LogP contribution >= 0.6 is 0 Å². The fourth-order valence-electron chi connectivity index (χ4n) is 1.76. The molecule has 0 aliphatic carbocycles. The smallest absolute Gasteiger partial charge is 0.0929 e. The highest BCUT2D eigenvalue weighted by molar-refractivity contribution is 5.59. The van der Waals surface area contributed by atoms with E-state index in [0.717, 1.165) is 17.0 Å². The molecule has 0 unspecified atom stereocenters. The van der Waals surface area contributed by atoms with Crippen LogP contribution in [0.15, 0.2) is 36.4 Å². The molecule has 0 saturated carbocycles. The normalized spacial score (nSPS) is 11.6. The number of aromatic nitrogens is 2. The molecule has 0 aliphatic heterocycles. The molecule has 2 rings (SSSR count). The Labute approximate surface area is 108 Å². The first-order valence-corrected chi connectivity index (χ1v) is 6.14. The van der Waals surface area contributed by atoms with Crippen LogP contribution in [0.5, 0.6) is 0 Å². The molecule has 0 spiro atoms. The average Bonchev–Trinajstić information content (AvgIpc) is 2.38. The van der Waals surface area contributed by atoms with Gasteiger partial charge in [-0.2, -0.15) is 10.2 Å². The molecule has 0 amide bonds. The number of nitrogens with zero attached hydrogens (tertiary/aromatic N) is 2. The predicted octanol–water partition coefficient (Wildman–Crippen LogP) is 2.90. The van der Waals surface area contributed by atoms with E-state index >= 15 is 0 Å². The van der Waals surface area contributed by atoms with Gasteiger partial charge in [-0.15, -0.1) is 0 Å². The summed E-state index contributed by atoms with van der Waals surface area (Å²) in [5.74, 6) is 0. The first kappa shape index (κ1) is 12.7. The second-order valence-electron chi connectivity index (χ2n) is 5.44. The van der Waals surface area contributed by atoms with Gasteiger partial charge < -0.3 is 5.73 Å². The monoisotopic (exact) mass is 241 g/mol. The van der Waals surface area contributed by atoms with Crippen molar-refractivity contribution in [2.24, 2.45) is 5.73 Å². The Morgan fingerprint density at radius 3 is 2.06 bits per heavy atom. The summed E-state index contributed by atoms with van der Waals surface area (Å²) in [5, 5.41) is 8.25. The Morgan fingerprint density at radius 1 is 0.944 bits per heavy atom. The number of hydrogen-bond acceptors (Lipinski definition) is 3. The van der Waals surface area contributed by atoms with Crippen LogP contribution in [0.1, 0.15) is 32.0 Å². The molecule has 18 heavy (non-hydrogen) atoms. The third-order valence-corrected chi connectivity index (χ3v) is 2.98. The molecule has 3 nitrogen and oxygen atoms in total. The van der Waals surface area contributed by atoms with Gasteiger partial charge >= 0.3 is 0 Å². The van der Waals surface area contributed by atoms with E-state index in [1.54, 1.807) is 0 Å². The number of hydrogen-bond donors (Lipinski definition) is 1. The average molecular weight is 241 g/mol. The summed E-state index contributed by atoms with van der Waals surface area (Å²) in [6.07, 6.45) is 0. The van der Waals surface area contributed by atoms with Crippen molar-refractivity contribution >= 4 is 0 Å². The number of benzene rings is 1. The minimum absolute atomic E-state index is 0.174. The first-order chi connectivity index (χ1) is 8.50. The van der Waals surface area contributed by atoms with Gasteiger partial charge in [0.25, 0.3) is 0 Å². The molecule has 0 atom stereocenters. The Morgan fingerprint density at radius 2 is 1.61 bits per heavy atom. The molecule has 0 radical (unpaired) electrons. The van der Waals surface area contributed by atoms with Gasteiger partial charge in [0.1, 0.15) is 0 Å². The van der Waals surface area contributed by atoms with E-state index in [1.165, 1.54) is 5.56 Å². The van der Waals surface area contributed by atoms with E-state index in [2.05, 4.69) is 55.2 Å². The Bertz CT molecular complexity index is 507. The van der Waals surface area contributed by atoms with Gasteiger partial charge in [0.2, 0.25) is 0 Å². The van der Waals surface area contributed by atoms with E-state index in [9.17, 15) is 0 Å². The minimum atomic E-state index is 0.174. The fraction of sp³-hybridized carbons (Fsp3) is 0.333. The van der Waals surface area contributed by atoms with Gasteiger partial charge in [-0.25, -0.2) is 0 Å². The highest BCUT2D eigenvalue weighted by Crippen LogP contribution is 2.25. The molecule has 94 valence electrons. The maximum atomic E-state index is 5.50. The highest BCUT2D eigenvalue weighted by atomic mass is 15.1. The summed E-state index contributed by atoms with van der Waals surface area (Å²) < 4.78 is 0. The standard InChI is InChI=1S/C15H19N3/c1-15(2,3)12-6-4-11(5-7-12)14-9-8-13(10-16)17-18-14/h4-9H,10,16H2,1-3H3. The summed E-state index contributed by atoms with van der Waals surface area (Å²) in [6.45, 7) is 7.05. The van der Waals surface area contributed by atoms with Crippen LogP contribution in [0.4, 0.5) is 0 Å². The number of rotatable bonds is 2. The molecule has 2 aromatic rings. The molecule has 2 N–H and O–H groups in total. The molecule has 0 fully saturated rings. The van der Waals surface area contributed by atoms with Crippen molar-refractivity contribution in [3.8, 4) is 11.3 Å². The molecule has 0 bridgehead atoms. The van der Waals surface area contributed by atoms with Gasteiger partial charge in [0.15, 0.2) is 0 Å². The van der Waals surface area contributed by atoms with Crippen LogP contribution in [0.3, 0.4) is 0 Å². The zero-order valence-corrected chi connectivity index (χ0v) is 11.1. The molecule has 0 aliphatic rings. The molecular weight excluding hydrogens is 222 g/mol. The van der Waals surface area contributed by atoms with Crippen LogP contribution in [0, 0.1) is 0 Å². The quantitative estimate of drug-likeness (QED) is 0.879. The van der Waals surface area contributed by atoms with Gasteiger partial charge in [-0.05, 0) is 23.1 Å².